The normalized spacial score (nSPS) is 12.0. The van der Waals surface area contributed by atoms with Crippen molar-refractivity contribution in [2.45, 2.75) is 37.2 Å². The molecule has 2 aromatic rings. The van der Waals surface area contributed by atoms with Gasteiger partial charge >= 0.3 is 0 Å². The maximum Gasteiger partial charge on any atom is 0.247 e. The van der Waals surface area contributed by atoms with E-state index in [1.807, 2.05) is 85.3 Å². The maximum atomic E-state index is 13.1. The summed E-state index contributed by atoms with van der Waals surface area (Å²) in [5.41, 5.74) is 3.81. The zero-order valence-electron chi connectivity index (χ0n) is 18.4. The van der Waals surface area contributed by atoms with Crippen molar-refractivity contribution in [2.24, 2.45) is 0 Å². The first-order valence-electron chi connectivity index (χ1n) is 10.6. The van der Waals surface area contributed by atoms with Gasteiger partial charge in [0.2, 0.25) is 5.91 Å². The summed E-state index contributed by atoms with van der Waals surface area (Å²) >= 11 is 1.58. The van der Waals surface area contributed by atoms with Gasteiger partial charge in [-0.2, -0.15) is 0 Å². The summed E-state index contributed by atoms with van der Waals surface area (Å²) in [7, 11) is 1.66. The van der Waals surface area contributed by atoms with Crippen molar-refractivity contribution in [1.29, 1.82) is 0 Å². The van der Waals surface area contributed by atoms with Gasteiger partial charge in [-0.05, 0) is 54.8 Å². The topological polar surface area (TPSA) is 69.0 Å². The number of para-hydroxylation sites is 1. The van der Waals surface area contributed by atoms with E-state index >= 15 is 0 Å². The minimum Gasteiger partial charge on any atom is -0.497 e. The molecule has 0 aromatic heterocycles. The van der Waals surface area contributed by atoms with Gasteiger partial charge in [0, 0.05) is 17.6 Å². The molecule has 4 rings (SSSR count). The number of nitrogens with zero attached hydrogens (tertiary/aromatic N) is 3. The average Bonchev–Trinajstić information content (AvgIpc) is 3.24. The monoisotopic (exact) mass is 446 g/mol. The molecule has 0 fully saturated rings. The standard InChI is InChI=1S/C25H26N4O2S/c1-4-22(24(30)26-20-9-6-5-8-17(20)2)29-15-7-10-21-23(29)28-25(27-21)32-16-18-11-13-19(31-3)14-12-18/h5-15,22H,4,16H2,1-3H3,(H,26,30). The predicted octanol–water partition coefficient (Wildman–Crippen LogP) is 5.58. The van der Waals surface area contributed by atoms with Crippen LogP contribution in [0.25, 0.3) is 11.5 Å². The zero-order valence-corrected chi connectivity index (χ0v) is 19.2. The van der Waals surface area contributed by atoms with Crippen LogP contribution in [-0.2, 0) is 10.5 Å². The Hall–Kier alpha value is -3.32. The second-order valence-corrected chi connectivity index (χ2v) is 8.44. The van der Waals surface area contributed by atoms with Gasteiger partial charge in [-0.15, -0.1) is 0 Å². The number of pyridine rings is 1. The molecular formula is C25H26N4O2S. The molecule has 1 amide bonds. The molecular weight excluding hydrogens is 420 g/mol. The van der Waals surface area contributed by atoms with Crippen molar-refractivity contribution in [3.8, 4) is 17.3 Å². The van der Waals surface area contributed by atoms with Gasteiger partial charge in [-0.1, -0.05) is 49.0 Å². The van der Waals surface area contributed by atoms with Gasteiger partial charge in [-0.3, -0.25) is 4.79 Å². The van der Waals surface area contributed by atoms with E-state index in [0.29, 0.717) is 11.6 Å². The van der Waals surface area contributed by atoms with E-state index in [1.165, 1.54) is 5.56 Å². The predicted molar refractivity (Wildman–Crippen MR) is 128 cm³/mol. The Morgan fingerprint density at radius 2 is 1.88 bits per heavy atom. The smallest absolute Gasteiger partial charge is 0.247 e. The van der Waals surface area contributed by atoms with Crippen LogP contribution in [0.1, 0.15) is 30.5 Å². The van der Waals surface area contributed by atoms with E-state index in [4.69, 9.17) is 9.72 Å². The van der Waals surface area contributed by atoms with Crippen LogP contribution in [0.15, 0.2) is 72.0 Å². The molecule has 6 nitrogen and oxygen atoms in total. The van der Waals surface area contributed by atoms with E-state index in [1.54, 1.807) is 18.9 Å². The number of aryl methyl sites for hydroxylation is 1. The summed E-state index contributed by atoms with van der Waals surface area (Å²) in [4.78, 5) is 22.5. The van der Waals surface area contributed by atoms with Crippen LogP contribution in [0.3, 0.4) is 0 Å². The van der Waals surface area contributed by atoms with Crippen molar-refractivity contribution in [2.75, 3.05) is 12.4 Å². The molecule has 1 atom stereocenters. The number of anilines is 1. The third-order valence-electron chi connectivity index (χ3n) is 5.35. The van der Waals surface area contributed by atoms with Crippen LogP contribution in [0.5, 0.6) is 5.75 Å². The van der Waals surface area contributed by atoms with Crippen molar-refractivity contribution < 1.29 is 9.53 Å². The number of nitrogens with one attached hydrogen (secondary N) is 1. The molecule has 0 spiro atoms. The molecule has 32 heavy (non-hydrogen) atoms. The Morgan fingerprint density at radius 1 is 1.09 bits per heavy atom. The maximum absolute atomic E-state index is 13.1. The fraction of sp³-hybridized carbons (Fsp3) is 0.240. The molecule has 2 heterocycles. The van der Waals surface area contributed by atoms with Gasteiger partial charge in [0.15, 0.2) is 11.0 Å². The summed E-state index contributed by atoms with van der Waals surface area (Å²) < 4.78 is 7.14. The van der Waals surface area contributed by atoms with Gasteiger partial charge in [0.05, 0.1) is 7.11 Å². The lowest BCUT2D eigenvalue weighted by atomic mass is 10.1. The first-order chi connectivity index (χ1) is 15.6. The van der Waals surface area contributed by atoms with Crippen molar-refractivity contribution in [3.05, 3.63) is 78.0 Å². The number of ether oxygens (including phenoxy) is 1. The number of methoxy groups -OCH3 is 1. The number of carbonyl (C=O) groups excluding carboxylic acids is 1. The van der Waals surface area contributed by atoms with E-state index in [2.05, 4.69) is 10.3 Å². The number of imidazole rings is 1. The molecule has 7 heteroatoms. The largest absolute Gasteiger partial charge is 0.497 e. The molecule has 0 bridgehead atoms. The second kappa shape index (κ2) is 9.87. The third kappa shape index (κ3) is 4.78. The molecule has 2 aromatic carbocycles. The van der Waals surface area contributed by atoms with Gasteiger partial charge in [0.1, 0.15) is 17.5 Å². The number of amides is 1. The summed E-state index contributed by atoms with van der Waals surface area (Å²) in [5, 5.41) is 3.76. The molecule has 2 aliphatic rings. The van der Waals surface area contributed by atoms with Crippen LogP contribution in [0.2, 0.25) is 0 Å². The van der Waals surface area contributed by atoms with Gasteiger partial charge in [0.25, 0.3) is 0 Å². The summed E-state index contributed by atoms with van der Waals surface area (Å²) in [6, 6.07) is 19.2. The molecule has 0 aliphatic carbocycles. The van der Waals surface area contributed by atoms with Gasteiger partial charge < -0.3 is 14.6 Å². The lowest BCUT2D eigenvalue weighted by Gasteiger charge is -2.21. The Morgan fingerprint density at radius 3 is 2.59 bits per heavy atom. The lowest BCUT2D eigenvalue weighted by Crippen LogP contribution is -2.27. The molecule has 1 N–H and O–H groups in total. The van der Waals surface area contributed by atoms with E-state index in [0.717, 1.165) is 34.3 Å². The van der Waals surface area contributed by atoms with Crippen molar-refractivity contribution in [3.63, 3.8) is 0 Å². The van der Waals surface area contributed by atoms with Gasteiger partial charge in [-0.25, -0.2) is 9.97 Å². The SMILES string of the molecule is CCC(C(=O)Nc1ccccc1C)n1cccc2nc(SCc3ccc(OC)cc3)nc1-2. The number of hydrogen-bond donors (Lipinski definition) is 1. The first-order valence-corrected chi connectivity index (χ1v) is 11.5. The molecule has 2 aliphatic heterocycles. The highest BCUT2D eigenvalue weighted by atomic mass is 32.2. The Kier molecular flexibility index (Phi) is 6.75. The van der Waals surface area contributed by atoms with Crippen molar-refractivity contribution in [1.82, 2.24) is 14.5 Å². The van der Waals surface area contributed by atoms with Crippen LogP contribution < -0.4 is 10.1 Å². The highest BCUT2D eigenvalue weighted by molar-refractivity contribution is 7.98. The fourth-order valence-corrected chi connectivity index (χ4v) is 4.35. The van der Waals surface area contributed by atoms with Crippen LogP contribution >= 0.6 is 11.8 Å². The zero-order chi connectivity index (χ0) is 22.5. The number of carbonyl (C=O) groups is 1. The Bertz CT molecular complexity index is 1170. The molecule has 164 valence electrons. The summed E-state index contributed by atoms with van der Waals surface area (Å²) in [5.74, 6) is 2.25. The number of benzene rings is 2. The first kappa shape index (κ1) is 21.9. The molecule has 0 radical (unpaired) electrons. The Balaban J connectivity index is 1.53. The number of rotatable bonds is 8. The average molecular weight is 447 g/mol. The summed E-state index contributed by atoms with van der Waals surface area (Å²) in [6.45, 7) is 3.99. The van der Waals surface area contributed by atoms with E-state index in [-0.39, 0.29) is 11.9 Å². The molecule has 1 unspecified atom stereocenters. The third-order valence-corrected chi connectivity index (χ3v) is 6.27. The summed E-state index contributed by atoms with van der Waals surface area (Å²) in [6.07, 6.45) is 2.54. The Labute approximate surface area is 192 Å². The number of thioether (sulfide) groups is 1. The molecule has 0 saturated heterocycles. The minimum absolute atomic E-state index is 0.0604. The van der Waals surface area contributed by atoms with E-state index in [9.17, 15) is 4.79 Å². The van der Waals surface area contributed by atoms with Crippen LogP contribution in [0.4, 0.5) is 5.69 Å². The number of hydrogen-bond acceptors (Lipinski definition) is 5. The molecule has 0 saturated carbocycles. The van der Waals surface area contributed by atoms with E-state index < -0.39 is 0 Å². The number of aromatic nitrogens is 3. The van der Waals surface area contributed by atoms with Crippen molar-refractivity contribution >= 4 is 23.4 Å². The van der Waals surface area contributed by atoms with Crippen LogP contribution in [-0.4, -0.2) is 27.6 Å². The number of fused-ring (bicyclic) bond motifs is 1. The van der Waals surface area contributed by atoms with Crippen LogP contribution in [0, 0.1) is 6.92 Å². The quantitative estimate of drug-likeness (QED) is 0.358. The lowest BCUT2D eigenvalue weighted by molar-refractivity contribution is -0.119. The second-order valence-electron chi connectivity index (χ2n) is 7.50. The highest BCUT2D eigenvalue weighted by Gasteiger charge is 2.24. The minimum atomic E-state index is -0.380. The highest BCUT2D eigenvalue weighted by Crippen LogP contribution is 2.30. The fourth-order valence-electron chi connectivity index (χ4n) is 3.55.